The van der Waals surface area contributed by atoms with Gasteiger partial charge in [-0.2, -0.15) is 0 Å². The van der Waals surface area contributed by atoms with Crippen molar-refractivity contribution in [3.8, 4) is 22.9 Å². The van der Waals surface area contributed by atoms with Gasteiger partial charge in [0.15, 0.2) is 11.5 Å². The molecular formula is C36H33N10O5+. The predicted octanol–water partition coefficient (Wildman–Crippen LogP) is 4.13. The third-order valence-corrected chi connectivity index (χ3v) is 8.59. The molecule has 0 aliphatic carbocycles. The van der Waals surface area contributed by atoms with Crippen molar-refractivity contribution in [3.05, 3.63) is 118 Å². The van der Waals surface area contributed by atoms with Crippen LogP contribution in [0.3, 0.4) is 0 Å². The Bertz CT molecular complexity index is 2330. The maximum absolute atomic E-state index is 12.9. The summed E-state index contributed by atoms with van der Waals surface area (Å²) in [5.41, 5.74) is 17.0. The first kappa shape index (κ1) is 32.6. The van der Waals surface area contributed by atoms with Crippen LogP contribution < -0.4 is 16.2 Å². The molecule has 15 nitrogen and oxygen atoms in total. The molecule has 0 spiro atoms. The second-order valence-corrected chi connectivity index (χ2v) is 12.1. The number of nitrogen functional groups attached to an aromatic ring is 2. The summed E-state index contributed by atoms with van der Waals surface area (Å²) in [6.07, 6.45) is 8.89. The molecule has 0 aromatic carbocycles. The van der Waals surface area contributed by atoms with E-state index in [2.05, 4.69) is 24.9 Å². The molecule has 0 saturated heterocycles. The SMILES string of the molecule is Cc1ccc(-c2nc(N)nc3c2C(=O)N(C)/C3=C\c2cc[n+](O)cc2)o1.Cc1ccc(-c2nc(N)nc3c2C(=O)N(C)C3Cc2ccncc2)o1. The van der Waals surface area contributed by atoms with E-state index in [1.54, 1.807) is 67.8 Å². The molecule has 0 bridgehead atoms. The standard InChI is InChI=1S/C18H15N5O3.C18H17N5O2/c1-10-3-4-13(26-10)16-14-15(20-18(19)21-16)12(22(2)17(14)24)9-11-5-7-23(25)8-6-11;1-10-3-4-13(25-10)16-14-15(21-18(19)22-16)12(23(2)17(14)24)9-11-5-7-20-8-6-11/h3-9H,1-2H3,(H2-,19,20,21,24,25);3-8,12H,9H2,1-2H3,(H2,19,21,22)/p+1. The lowest BCUT2D eigenvalue weighted by Gasteiger charge is -2.19. The molecule has 1 unspecified atom stereocenters. The maximum Gasteiger partial charge on any atom is 0.262 e. The molecular weight excluding hydrogens is 652 g/mol. The van der Waals surface area contributed by atoms with Gasteiger partial charge in [-0.05, 0) is 73.9 Å². The van der Waals surface area contributed by atoms with Gasteiger partial charge >= 0.3 is 0 Å². The van der Waals surface area contributed by atoms with Gasteiger partial charge in [0.2, 0.25) is 24.3 Å². The molecule has 8 rings (SSSR count). The molecule has 15 heteroatoms. The van der Waals surface area contributed by atoms with E-state index in [1.807, 2.05) is 32.0 Å². The number of aromatic nitrogens is 6. The van der Waals surface area contributed by atoms with Crippen LogP contribution in [0.15, 0.2) is 82.2 Å². The van der Waals surface area contributed by atoms with Gasteiger partial charge in [0.25, 0.3) is 11.8 Å². The normalized spacial score (nSPS) is 15.6. The number of furan rings is 2. The lowest BCUT2D eigenvalue weighted by molar-refractivity contribution is -0.904. The number of nitrogens with zero attached hydrogens (tertiary/aromatic N) is 8. The third-order valence-electron chi connectivity index (χ3n) is 8.59. The van der Waals surface area contributed by atoms with Gasteiger partial charge in [-0.3, -0.25) is 19.8 Å². The number of hydrogen-bond donors (Lipinski definition) is 3. The largest absolute Gasteiger partial charge is 0.460 e. The quantitative estimate of drug-likeness (QED) is 0.173. The molecule has 8 heterocycles. The van der Waals surface area contributed by atoms with Crippen molar-refractivity contribution in [2.24, 2.45) is 0 Å². The van der Waals surface area contributed by atoms with Crippen molar-refractivity contribution in [2.75, 3.05) is 25.6 Å². The van der Waals surface area contributed by atoms with Gasteiger partial charge in [0, 0.05) is 43.4 Å². The number of anilines is 2. The Labute approximate surface area is 291 Å². The number of likely N-dealkylation sites (N-methyl/N-ethyl adjacent to an activating group) is 1. The number of carbonyl (C=O) groups excluding carboxylic acids is 2. The van der Waals surface area contributed by atoms with Crippen molar-refractivity contribution in [3.63, 3.8) is 0 Å². The molecule has 0 radical (unpaired) electrons. The van der Waals surface area contributed by atoms with Crippen molar-refractivity contribution < 1.29 is 28.4 Å². The predicted molar refractivity (Wildman–Crippen MR) is 184 cm³/mol. The van der Waals surface area contributed by atoms with Crippen LogP contribution in [-0.2, 0) is 6.42 Å². The highest BCUT2D eigenvalue weighted by molar-refractivity contribution is 6.14. The summed E-state index contributed by atoms with van der Waals surface area (Å²) in [6.45, 7) is 3.66. The summed E-state index contributed by atoms with van der Waals surface area (Å²) in [5, 5.41) is 9.35. The summed E-state index contributed by atoms with van der Waals surface area (Å²) in [5.74, 6) is 2.27. The van der Waals surface area contributed by atoms with Crippen molar-refractivity contribution in [1.29, 1.82) is 0 Å². The lowest BCUT2D eigenvalue weighted by Crippen LogP contribution is -2.27. The average molecular weight is 686 g/mol. The number of rotatable bonds is 5. The fraction of sp³-hybridized carbons (Fsp3) is 0.167. The topological polar surface area (TPSA) is 208 Å². The Kier molecular flexibility index (Phi) is 8.22. The number of hydrogen-bond acceptors (Lipinski definition) is 12. The molecule has 2 amide bonds. The molecule has 1 atom stereocenters. The van der Waals surface area contributed by atoms with Crippen molar-refractivity contribution in [2.45, 2.75) is 26.3 Å². The van der Waals surface area contributed by atoms with E-state index in [9.17, 15) is 14.8 Å². The minimum Gasteiger partial charge on any atom is -0.460 e. The van der Waals surface area contributed by atoms with E-state index in [4.69, 9.17) is 20.3 Å². The number of fused-ring (bicyclic) bond motifs is 2. The average Bonchev–Trinajstić information content (AvgIpc) is 3.86. The highest BCUT2D eigenvalue weighted by atomic mass is 16.5. The fourth-order valence-electron chi connectivity index (χ4n) is 6.06. The summed E-state index contributed by atoms with van der Waals surface area (Å²) in [7, 11) is 3.43. The Morgan fingerprint density at radius 2 is 1.35 bits per heavy atom. The van der Waals surface area contributed by atoms with Crippen LogP contribution in [0.1, 0.15) is 60.8 Å². The smallest absolute Gasteiger partial charge is 0.262 e. The Balaban J connectivity index is 0.000000159. The summed E-state index contributed by atoms with van der Waals surface area (Å²) in [6, 6.07) is 14.3. The Morgan fingerprint density at radius 1 is 0.784 bits per heavy atom. The van der Waals surface area contributed by atoms with Gasteiger partial charge < -0.3 is 30.1 Å². The maximum atomic E-state index is 12.9. The van der Waals surface area contributed by atoms with Crippen LogP contribution in [0.25, 0.3) is 34.7 Å². The van der Waals surface area contributed by atoms with Crippen LogP contribution in [-0.4, -0.2) is 65.8 Å². The first-order valence-corrected chi connectivity index (χ1v) is 15.8. The van der Waals surface area contributed by atoms with Crippen LogP contribution >= 0.6 is 0 Å². The zero-order valence-corrected chi connectivity index (χ0v) is 28.1. The Hall–Kier alpha value is -6.90. The first-order chi connectivity index (χ1) is 24.5. The van der Waals surface area contributed by atoms with Crippen molar-refractivity contribution >= 4 is 35.5 Å². The minimum absolute atomic E-state index is 0.0584. The number of carbonyl (C=O) groups is 2. The molecule has 6 aromatic heterocycles. The molecule has 256 valence electrons. The van der Waals surface area contributed by atoms with Crippen molar-refractivity contribution in [1.82, 2.24) is 34.7 Å². The second-order valence-electron chi connectivity index (χ2n) is 12.1. The summed E-state index contributed by atoms with van der Waals surface area (Å²) < 4.78 is 12.2. The summed E-state index contributed by atoms with van der Waals surface area (Å²) >= 11 is 0. The van der Waals surface area contributed by atoms with E-state index in [0.717, 1.165) is 21.6 Å². The van der Waals surface area contributed by atoms with E-state index < -0.39 is 0 Å². The molecule has 51 heavy (non-hydrogen) atoms. The lowest BCUT2D eigenvalue weighted by atomic mass is 10.0. The number of amides is 2. The third kappa shape index (κ3) is 6.12. The number of nitrogens with two attached hydrogens (primary N) is 2. The van der Waals surface area contributed by atoms with Crippen LogP contribution in [0.4, 0.5) is 11.9 Å². The fourth-order valence-corrected chi connectivity index (χ4v) is 6.06. The minimum atomic E-state index is -0.233. The van der Waals surface area contributed by atoms with Gasteiger partial charge in [-0.1, -0.05) is 0 Å². The first-order valence-electron chi connectivity index (χ1n) is 15.8. The number of aryl methyl sites for hydroxylation is 2. The van der Waals surface area contributed by atoms with E-state index >= 15 is 0 Å². The molecule has 5 N–H and O–H groups in total. The summed E-state index contributed by atoms with van der Waals surface area (Å²) in [4.78, 5) is 50.1. The Morgan fingerprint density at radius 3 is 1.94 bits per heavy atom. The molecule has 0 saturated carbocycles. The van der Waals surface area contributed by atoms with Crippen LogP contribution in [0.2, 0.25) is 0 Å². The highest BCUT2D eigenvalue weighted by Crippen LogP contribution is 2.40. The molecule has 2 aliphatic heterocycles. The van der Waals surface area contributed by atoms with Gasteiger partial charge in [0.05, 0.1) is 28.6 Å². The highest BCUT2D eigenvalue weighted by Gasteiger charge is 2.40. The van der Waals surface area contributed by atoms with E-state index in [-0.39, 0.29) is 29.8 Å². The van der Waals surface area contributed by atoms with Gasteiger partial charge in [-0.25, -0.2) is 19.9 Å². The monoisotopic (exact) mass is 685 g/mol. The second kappa shape index (κ2) is 12.9. The van der Waals surface area contributed by atoms with Gasteiger partial charge in [0.1, 0.15) is 28.6 Å². The molecule has 0 fully saturated rings. The van der Waals surface area contributed by atoms with E-state index in [1.165, 1.54) is 17.3 Å². The van der Waals surface area contributed by atoms with Gasteiger partial charge in [-0.15, -0.1) is 0 Å². The number of pyridine rings is 2. The molecule has 2 aliphatic rings. The van der Waals surface area contributed by atoms with Crippen LogP contribution in [0.5, 0.6) is 0 Å². The zero-order valence-electron chi connectivity index (χ0n) is 28.1. The van der Waals surface area contributed by atoms with E-state index in [0.29, 0.717) is 63.3 Å². The zero-order chi connectivity index (χ0) is 36.0. The molecule has 6 aromatic rings. The van der Waals surface area contributed by atoms with Crippen LogP contribution in [0, 0.1) is 13.8 Å².